The minimum Gasteiger partial charge on any atom is -0.501 e. The molecule has 0 aromatic rings. The zero-order chi connectivity index (χ0) is 23.7. The van der Waals surface area contributed by atoms with Gasteiger partial charge in [-0.05, 0) is 37.7 Å². The normalized spacial score (nSPS) is 18.6. The summed E-state index contributed by atoms with van der Waals surface area (Å²) in [6.07, 6.45) is 39.7. The summed E-state index contributed by atoms with van der Waals surface area (Å²) in [5.41, 5.74) is 1.67. The number of rotatable bonds is 19. The van der Waals surface area contributed by atoms with Crippen molar-refractivity contribution >= 4 is 0 Å². The molecule has 1 rings (SSSR count). The molecule has 0 aromatic carbocycles. The van der Waals surface area contributed by atoms with Gasteiger partial charge in [-0.25, -0.2) is 0 Å². The SMILES string of the molecule is CCCCCCCCCCCCCCCCCCC/C1=C(\OC)CCCCCCCCCC1. The number of allylic oxidation sites excluding steroid dienone is 2. The molecule has 0 aromatic heterocycles. The van der Waals surface area contributed by atoms with Crippen molar-refractivity contribution in [3.8, 4) is 0 Å². The molecule has 0 unspecified atom stereocenters. The largest absolute Gasteiger partial charge is 0.501 e. The standard InChI is InChI=1S/C32H62O/c1-3-4-5-6-7-8-9-10-11-12-13-14-15-16-19-22-25-28-31-29-26-23-20-17-18-21-24-27-30-32(31)33-2/h3-30H2,1-2H3/b32-31+. The van der Waals surface area contributed by atoms with Gasteiger partial charge in [-0.1, -0.05) is 148 Å². The average Bonchev–Trinajstić information content (AvgIpc) is 2.82. The third-order valence-electron chi connectivity index (χ3n) is 7.86. The smallest absolute Gasteiger partial charge is 0.0947 e. The number of hydrogen-bond acceptors (Lipinski definition) is 1. The summed E-state index contributed by atoms with van der Waals surface area (Å²) >= 11 is 0. The second-order valence-corrected chi connectivity index (χ2v) is 11.0. The van der Waals surface area contributed by atoms with Crippen LogP contribution in [0.5, 0.6) is 0 Å². The van der Waals surface area contributed by atoms with Crippen LogP contribution in [0.3, 0.4) is 0 Å². The van der Waals surface area contributed by atoms with E-state index in [1.807, 2.05) is 7.11 Å². The van der Waals surface area contributed by atoms with Gasteiger partial charge in [0.2, 0.25) is 0 Å². The third kappa shape index (κ3) is 19.5. The van der Waals surface area contributed by atoms with Crippen molar-refractivity contribution in [3.05, 3.63) is 11.3 Å². The van der Waals surface area contributed by atoms with Gasteiger partial charge in [0.1, 0.15) is 0 Å². The highest BCUT2D eigenvalue weighted by molar-refractivity contribution is 5.09. The Labute approximate surface area is 209 Å². The quantitative estimate of drug-likeness (QED) is 0.173. The molecule has 0 N–H and O–H groups in total. The minimum absolute atomic E-state index is 1.19. The minimum atomic E-state index is 1.19. The predicted molar refractivity (Wildman–Crippen MR) is 149 cm³/mol. The molecular formula is C32H62O. The summed E-state index contributed by atoms with van der Waals surface area (Å²) < 4.78 is 5.87. The van der Waals surface area contributed by atoms with Crippen molar-refractivity contribution in [1.82, 2.24) is 0 Å². The number of ether oxygens (including phenoxy) is 1. The van der Waals surface area contributed by atoms with Crippen LogP contribution < -0.4 is 0 Å². The van der Waals surface area contributed by atoms with Gasteiger partial charge in [-0.3, -0.25) is 0 Å². The van der Waals surface area contributed by atoms with Crippen molar-refractivity contribution in [2.24, 2.45) is 0 Å². The fourth-order valence-electron chi connectivity index (χ4n) is 5.57. The molecule has 0 amide bonds. The van der Waals surface area contributed by atoms with Crippen molar-refractivity contribution in [1.29, 1.82) is 0 Å². The lowest BCUT2D eigenvalue weighted by Crippen LogP contribution is -1.98. The molecule has 0 radical (unpaired) electrons. The lowest BCUT2D eigenvalue weighted by molar-refractivity contribution is 0.264. The third-order valence-corrected chi connectivity index (χ3v) is 7.86. The van der Waals surface area contributed by atoms with Crippen molar-refractivity contribution in [3.63, 3.8) is 0 Å². The van der Waals surface area contributed by atoms with E-state index in [1.165, 1.54) is 186 Å². The molecule has 1 nitrogen and oxygen atoms in total. The van der Waals surface area contributed by atoms with Crippen LogP contribution in [0.1, 0.15) is 187 Å². The summed E-state index contributed by atoms with van der Waals surface area (Å²) in [7, 11) is 1.91. The van der Waals surface area contributed by atoms with Gasteiger partial charge in [0.15, 0.2) is 0 Å². The second kappa shape index (κ2) is 24.7. The molecular weight excluding hydrogens is 400 g/mol. The van der Waals surface area contributed by atoms with Crippen LogP contribution in [0.2, 0.25) is 0 Å². The van der Waals surface area contributed by atoms with E-state index in [0.717, 1.165) is 0 Å². The predicted octanol–water partition coefficient (Wildman–Crippen LogP) is 11.8. The Kier molecular flexibility index (Phi) is 22.8. The Morgan fingerprint density at radius 2 is 0.818 bits per heavy atom. The van der Waals surface area contributed by atoms with E-state index < -0.39 is 0 Å². The van der Waals surface area contributed by atoms with Crippen LogP contribution in [0.4, 0.5) is 0 Å². The number of methoxy groups -OCH3 is 1. The molecule has 1 aliphatic carbocycles. The van der Waals surface area contributed by atoms with E-state index in [-0.39, 0.29) is 0 Å². The second-order valence-electron chi connectivity index (χ2n) is 11.0. The zero-order valence-electron chi connectivity index (χ0n) is 23.2. The summed E-state index contributed by atoms with van der Waals surface area (Å²) in [5, 5.41) is 0. The van der Waals surface area contributed by atoms with Gasteiger partial charge in [-0.2, -0.15) is 0 Å². The lowest BCUT2D eigenvalue weighted by atomic mass is 9.95. The van der Waals surface area contributed by atoms with Crippen LogP contribution >= 0.6 is 0 Å². The molecule has 0 bridgehead atoms. The molecule has 0 spiro atoms. The first-order valence-electron chi connectivity index (χ1n) is 15.6. The highest BCUT2D eigenvalue weighted by Crippen LogP contribution is 2.26. The van der Waals surface area contributed by atoms with Gasteiger partial charge in [0, 0.05) is 6.42 Å². The number of hydrogen-bond donors (Lipinski definition) is 0. The van der Waals surface area contributed by atoms with Gasteiger partial charge >= 0.3 is 0 Å². The molecule has 196 valence electrons. The maximum Gasteiger partial charge on any atom is 0.0947 e. The van der Waals surface area contributed by atoms with Gasteiger partial charge in [-0.15, -0.1) is 0 Å². The molecule has 0 atom stereocenters. The fraction of sp³-hybridized carbons (Fsp3) is 0.938. The Balaban J connectivity index is 1.98. The van der Waals surface area contributed by atoms with Crippen LogP contribution in [0.25, 0.3) is 0 Å². The molecule has 0 saturated heterocycles. The summed E-state index contributed by atoms with van der Waals surface area (Å²) in [6.45, 7) is 2.30. The molecule has 0 heterocycles. The van der Waals surface area contributed by atoms with Crippen LogP contribution in [-0.2, 0) is 4.74 Å². The molecule has 0 saturated carbocycles. The zero-order valence-corrected chi connectivity index (χ0v) is 23.2. The monoisotopic (exact) mass is 462 g/mol. The van der Waals surface area contributed by atoms with Crippen molar-refractivity contribution in [2.75, 3.05) is 7.11 Å². The first kappa shape index (κ1) is 30.6. The summed E-state index contributed by atoms with van der Waals surface area (Å²) in [6, 6.07) is 0. The van der Waals surface area contributed by atoms with Crippen LogP contribution in [-0.4, -0.2) is 7.11 Å². The molecule has 33 heavy (non-hydrogen) atoms. The van der Waals surface area contributed by atoms with E-state index >= 15 is 0 Å². The van der Waals surface area contributed by atoms with Gasteiger partial charge in [0.05, 0.1) is 12.9 Å². The Hall–Kier alpha value is -0.460. The Morgan fingerprint density at radius 3 is 1.24 bits per heavy atom. The van der Waals surface area contributed by atoms with E-state index in [0.29, 0.717) is 0 Å². The Morgan fingerprint density at radius 1 is 0.455 bits per heavy atom. The van der Waals surface area contributed by atoms with Crippen LogP contribution in [0.15, 0.2) is 11.3 Å². The highest BCUT2D eigenvalue weighted by atomic mass is 16.5. The van der Waals surface area contributed by atoms with E-state index in [4.69, 9.17) is 4.74 Å². The van der Waals surface area contributed by atoms with Crippen molar-refractivity contribution < 1.29 is 4.74 Å². The Bertz CT molecular complexity index is 424. The number of unbranched alkanes of at least 4 members (excludes halogenated alkanes) is 16. The first-order valence-corrected chi connectivity index (χ1v) is 15.6. The lowest BCUT2D eigenvalue weighted by Gasteiger charge is -2.16. The highest BCUT2D eigenvalue weighted by Gasteiger charge is 2.09. The molecule has 1 heteroatoms. The summed E-state index contributed by atoms with van der Waals surface area (Å²) in [5.74, 6) is 1.35. The molecule has 0 aliphatic heterocycles. The van der Waals surface area contributed by atoms with Gasteiger partial charge < -0.3 is 4.74 Å². The maximum atomic E-state index is 5.87. The topological polar surface area (TPSA) is 9.23 Å². The van der Waals surface area contributed by atoms with E-state index in [2.05, 4.69) is 6.92 Å². The maximum absolute atomic E-state index is 5.87. The van der Waals surface area contributed by atoms with E-state index in [1.54, 1.807) is 5.57 Å². The van der Waals surface area contributed by atoms with Crippen molar-refractivity contribution in [2.45, 2.75) is 187 Å². The fourth-order valence-corrected chi connectivity index (χ4v) is 5.57. The van der Waals surface area contributed by atoms with Gasteiger partial charge in [0.25, 0.3) is 0 Å². The average molecular weight is 463 g/mol. The molecule has 1 aliphatic rings. The first-order chi connectivity index (χ1) is 16.4. The summed E-state index contributed by atoms with van der Waals surface area (Å²) in [4.78, 5) is 0. The van der Waals surface area contributed by atoms with Crippen LogP contribution in [0, 0.1) is 0 Å². The van der Waals surface area contributed by atoms with E-state index in [9.17, 15) is 0 Å². The molecule has 0 fully saturated rings.